The molecule has 0 saturated heterocycles. The summed E-state index contributed by atoms with van der Waals surface area (Å²) in [7, 11) is 0. The Morgan fingerprint density at radius 1 is 1.11 bits per heavy atom. The summed E-state index contributed by atoms with van der Waals surface area (Å²) in [6.07, 6.45) is 4.51. The van der Waals surface area contributed by atoms with E-state index >= 15 is 0 Å². The van der Waals surface area contributed by atoms with Crippen molar-refractivity contribution in [2.75, 3.05) is 18.9 Å². The summed E-state index contributed by atoms with van der Waals surface area (Å²) >= 11 is 0. The first-order valence-electron chi connectivity index (χ1n) is 8.60. The molecule has 4 aromatic rings. The number of nitrogens with zero attached hydrogens (tertiary/aromatic N) is 5. The van der Waals surface area contributed by atoms with E-state index in [4.69, 9.17) is 15.2 Å². The molecule has 0 radical (unpaired) electrons. The van der Waals surface area contributed by atoms with Crippen LogP contribution in [0.4, 0.5) is 5.82 Å². The lowest BCUT2D eigenvalue weighted by atomic mass is 10.1. The van der Waals surface area contributed by atoms with Gasteiger partial charge in [-0.05, 0) is 34.9 Å². The Balaban J connectivity index is 1.36. The Labute approximate surface area is 154 Å². The van der Waals surface area contributed by atoms with E-state index in [2.05, 4.69) is 25.5 Å². The van der Waals surface area contributed by atoms with Crippen LogP contribution in [-0.4, -0.2) is 43.4 Å². The van der Waals surface area contributed by atoms with Crippen molar-refractivity contribution in [2.24, 2.45) is 0 Å². The van der Waals surface area contributed by atoms with Crippen LogP contribution in [0.25, 0.3) is 11.2 Å². The number of nitrogen functional groups attached to an aromatic ring is 1. The third-order valence-corrected chi connectivity index (χ3v) is 4.43. The predicted octanol–water partition coefficient (Wildman–Crippen LogP) is 1.54. The summed E-state index contributed by atoms with van der Waals surface area (Å²) in [5, 5.41) is 15.1. The molecule has 0 amide bonds. The van der Waals surface area contributed by atoms with Gasteiger partial charge in [0, 0.05) is 12.6 Å². The molecule has 3 N–H and O–H groups in total. The maximum atomic E-state index is 5.87. The largest absolute Gasteiger partial charge is 0.486 e. The quantitative estimate of drug-likeness (QED) is 0.565. The molecule has 1 aromatic carbocycles. The van der Waals surface area contributed by atoms with E-state index in [0.29, 0.717) is 37.6 Å². The molecule has 0 bridgehead atoms. The number of anilines is 1. The number of fused-ring (bicyclic) bond motifs is 2. The molecule has 0 unspecified atom stereocenters. The normalized spacial score (nSPS) is 13.2. The molecule has 9 nitrogen and oxygen atoms in total. The van der Waals surface area contributed by atoms with Gasteiger partial charge in [-0.2, -0.15) is 5.10 Å². The van der Waals surface area contributed by atoms with Gasteiger partial charge in [-0.25, -0.2) is 10.1 Å². The highest BCUT2D eigenvalue weighted by molar-refractivity contribution is 5.76. The molecule has 0 aliphatic carbocycles. The van der Waals surface area contributed by atoms with Gasteiger partial charge in [0.25, 0.3) is 0 Å². The second-order valence-electron chi connectivity index (χ2n) is 6.42. The van der Waals surface area contributed by atoms with Crippen LogP contribution in [0.2, 0.25) is 0 Å². The van der Waals surface area contributed by atoms with Gasteiger partial charge in [-0.15, -0.1) is 5.10 Å². The number of rotatable bonds is 4. The van der Waals surface area contributed by atoms with Gasteiger partial charge in [0.15, 0.2) is 17.1 Å². The minimum Gasteiger partial charge on any atom is -0.486 e. The van der Waals surface area contributed by atoms with Crippen LogP contribution in [0.1, 0.15) is 16.7 Å². The molecular formula is C18H17N7O2. The summed E-state index contributed by atoms with van der Waals surface area (Å²) in [5.74, 6) is 2.01. The summed E-state index contributed by atoms with van der Waals surface area (Å²) in [6.45, 7) is 1.82. The molecule has 136 valence electrons. The van der Waals surface area contributed by atoms with E-state index in [-0.39, 0.29) is 0 Å². The molecule has 4 heterocycles. The first-order valence-corrected chi connectivity index (χ1v) is 8.60. The summed E-state index contributed by atoms with van der Waals surface area (Å²) in [5.41, 5.74) is 10.3. The molecule has 1 aliphatic heterocycles. The molecule has 0 saturated carbocycles. The monoisotopic (exact) mass is 363 g/mol. The van der Waals surface area contributed by atoms with Crippen molar-refractivity contribution in [1.82, 2.24) is 30.2 Å². The molecule has 0 atom stereocenters. The maximum Gasteiger partial charge on any atom is 0.178 e. The van der Waals surface area contributed by atoms with E-state index < -0.39 is 0 Å². The van der Waals surface area contributed by atoms with Crippen molar-refractivity contribution in [1.29, 1.82) is 0 Å². The van der Waals surface area contributed by atoms with Gasteiger partial charge < -0.3 is 15.2 Å². The third kappa shape index (κ3) is 3.03. The van der Waals surface area contributed by atoms with Crippen LogP contribution in [0.5, 0.6) is 11.5 Å². The van der Waals surface area contributed by atoms with Crippen LogP contribution in [-0.2, 0) is 13.0 Å². The third-order valence-electron chi connectivity index (χ3n) is 4.43. The minimum absolute atomic E-state index is 0.437. The number of H-pyrrole nitrogens is 1. The van der Waals surface area contributed by atoms with Gasteiger partial charge in [0.05, 0.1) is 12.7 Å². The van der Waals surface area contributed by atoms with E-state index in [1.165, 1.54) is 0 Å². The Morgan fingerprint density at radius 3 is 2.93 bits per heavy atom. The second-order valence-corrected chi connectivity index (χ2v) is 6.42. The Bertz CT molecular complexity index is 1120. The molecule has 0 spiro atoms. The number of hydrogen-bond acceptors (Lipinski definition) is 7. The van der Waals surface area contributed by atoms with Crippen LogP contribution in [0.3, 0.4) is 0 Å². The smallest absolute Gasteiger partial charge is 0.178 e. The van der Waals surface area contributed by atoms with Crippen LogP contribution >= 0.6 is 0 Å². The van der Waals surface area contributed by atoms with E-state index in [1.807, 2.05) is 41.3 Å². The lowest BCUT2D eigenvalue weighted by Gasteiger charge is -2.18. The fourth-order valence-electron chi connectivity index (χ4n) is 3.24. The van der Waals surface area contributed by atoms with Gasteiger partial charge in [-0.1, -0.05) is 11.3 Å². The second kappa shape index (κ2) is 6.27. The molecule has 27 heavy (non-hydrogen) atoms. The first-order chi connectivity index (χ1) is 13.2. The minimum atomic E-state index is 0.437. The summed E-state index contributed by atoms with van der Waals surface area (Å²) in [6, 6.07) is 7.79. The van der Waals surface area contributed by atoms with Crippen molar-refractivity contribution in [3.05, 3.63) is 53.3 Å². The number of aromatic nitrogens is 6. The van der Waals surface area contributed by atoms with Crippen LogP contribution in [0, 0.1) is 0 Å². The predicted molar refractivity (Wildman–Crippen MR) is 97.7 cm³/mol. The number of aromatic amines is 1. The number of hydrogen-bond donors (Lipinski definition) is 2. The van der Waals surface area contributed by atoms with Crippen LogP contribution < -0.4 is 15.2 Å². The zero-order valence-electron chi connectivity index (χ0n) is 14.4. The van der Waals surface area contributed by atoms with Gasteiger partial charge in [0.2, 0.25) is 0 Å². The van der Waals surface area contributed by atoms with Crippen molar-refractivity contribution in [3.63, 3.8) is 0 Å². The highest BCUT2D eigenvalue weighted by atomic mass is 16.6. The van der Waals surface area contributed by atoms with Crippen molar-refractivity contribution in [3.8, 4) is 11.5 Å². The Kier molecular flexibility index (Phi) is 3.63. The summed E-state index contributed by atoms with van der Waals surface area (Å²) < 4.78 is 13.1. The zero-order chi connectivity index (χ0) is 18.2. The molecular weight excluding hydrogens is 346 g/mol. The topological polar surface area (TPSA) is 117 Å². The fourth-order valence-corrected chi connectivity index (χ4v) is 3.24. The van der Waals surface area contributed by atoms with Gasteiger partial charge in [0.1, 0.15) is 24.5 Å². The van der Waals surface area contributed by atoms with E-state index in [9.17, 15) is 0 Å². The summed E-state index contributed by atoms with van der Waals surface area (Å²) in [4.78, 5) is 4.19. The lowest BCUT2D eigenvalue weighted by Crippen LogP contribution is -2.15. The van der Waals surface area contributed by atoms with Gasteiger partial charge >= 0.3 is 0 Å². The lowest BCUT2D eigenvalue weighted by molar-refractivity contribution is 0.171. The van der Waals surface area contributed by atoms with Gasteiger partial charge in [-0.3, -0.25) is 4.68 Å². The average Bonchev–Trinajstić information content (AvgIpc) is 3.31. The fraction of sp³-hybridized carbons (Fsp3) is 0.222. The highest BCUT2D eigenvalue weighted by Crippen LogP contribution is 2.31. The van der Waals surface area contributed by atoms with Crippen molar-refractivity contribution >= 4 is 17.0 Å². The van der Waals surface area contributed by atoms with Crippen molar-refractivity contribution in [2.45, 2.75) is 13.0 Å². The number of benzene rings is 1. The number of ether oxygens (including phenoxy) is 2. The number of pyridine rings is 1. The molecule has 5 rings (SSSR count). The zero-order valence-corrected chi connectivity index (χ0v) is 14.4. The molecule has 0 fully saturated rings. The molecule has 1 aliphatic rings. The number of nitrogens with one attached hydrogen (secondary N) is 1. The average molecular weight is 363 g/mol. The molecule has 9 heteroatoms. The number of nitrogens with two attached hydrogens (primary N) is 1. The first kappa shape index (κ1) is 15.6. The Morgan fingerprint density at radius 2 is 2.00 bits per heavy atom. The molecule has 3 aromatic heterocycles. The van der Waals surface area contributed by atoms with E-state index in [0.717, 1.165) is 33.7 Å². The SMILES string of the molecule is Nc1cc(Cc2cnn(Cc3ccc4c(c3)OCCO4)c2)c2nn[nH]c2n1. The van der Waals surface area contributed by atoms with Crippen LogP contribution in [0.15, 0.2) is 36.7 Å². The maximum absolute atomic E-state index is 5.87. The standard InChI is InChI=1S/C18H17N7O2/c19-16-7-13(17-18(21-16)23-24-22-17)5-12-8-20-25(10-12)9-11-1-2-14-15(6-11)27-4-3-26-14/h1-2,6-8,10H,3-5,9H2,(H3,19,21,22,23,24). The Hall–Kier alpha value is -3.62. The van der Waals surface area contributed by atoms with Crippen molar-refractivity contribution < 1.29 is 9.47 Å². The van der Waals surface area contributed by atoms with E-state index in [1.54, 1.807) is 0 Å². The highest BCUT2D eigenvalue weighted by Gasteiger charge is 2.13.